The molecule has 2 rings (SSSR count). The Balaban J connectivity index is 2.07. The molecule has 3 heteroatoms. The van der Waals surface area contributed by atoms with Gasteiger partial charge in [-0.3, -0.25) is 0 Å². The Labute approximate surface area is 114 Å². The second-order valence-corrected chi connectivity index (χ2v) is 4.40. The maximum Gasteiger partial charge on any atom is 0.123 e. The molecule has 0 spiro atoms. The number of rotatable bonds is 5. The van der Waals surface area contributed by atoms with Crippen molar-refractivity contribution in [1.29, 1.82) is 0 Å². The highest BCUT2D eigenvalue weighted by molar-refractivity contribution is 5.48. The average molecular weight is 257 g/mol. The van der Waals surface area contributed by atoms with Gasteiger partial charge in [-0.1, -0.05) is 17.7 Å². The predicted molar refractivity (Wildman–Crippen MR) is 78.1 cm³/mol. The lowest BCUT2D eigenvalue weighted by atomic mass is 10.1. The van der Waals surface area contributed by atoms with Crippen molar-refractivity contribution < 1.29 is 9.47 Å². The van der Waals surface area contributed by atoms with Crippen LogP contribution in [-0.4, -0.2) is 14.2 Å². The molecule has 100 valence electrons. The highest BCUT2D eigenvalue weighted by Crippen LogP contribution is 2.21. The molecular weight excluding hydrogens is 238 g/mol. The van der Waals surface area contributed by atoms with Crippen molar-refractivity contribution in [3.05, 3.63) is 53.6 Å². The summed E-state index contributed by atoms with van der Waals surface area (Å²) in [5.74, 6) is 1.77. The molecule has 0 fully saturated rings. The highest BCUT2D eigenvalue weighted by Gasteiger charge is 2.03. The van der Waals surface area contributed by atoms with Crippen LogP contribution in [-0.2, 0) is 6.54 Å². The zero-order valence-corrected chi connectivity index (χ0v) is 11.6. The van der Waals surface area contributed by atoms with Gasteiger partial charge in [-0.2, -0.15) is 0 Å². The van der Waals surface area contributed by atoms with Crippen LogP contribution in [0.5, 0.6) is 11.5 Å². The largest absolute Gasteiger partial charge is 0.497 e. The van der Waals surface area contributed by atoms with E-state index in [-0.39, 0.29) is 0 Å². The predicted octanol–water partition coefficient (Wildman–Crippen LogP) is 3.62. The monoisotopic (exact) mass is 257 g/mol. The van der Waals surface area contributed by atoms with Crippen molar-refractivity contribution in [3.63, 3.8) is 0 Å². The topological polar surface area (TPSA) is 30.5 Å². The fraction of sp³-hybridized carbons (Fsp3) is 0.250. The van der Waals surface area contributed by atoms with Gasteiger partial charge >= 0.3 is 0 Å². The number of ether oxygens (including phenoxy) is 2. The minimum absolute atomic E-state index is 0.733. The van der Waals surface area contributed by atoms with E-state index in [0.29, 0.717) is 0 Å². The Kier molecular flexibility index (Phi) is 4.29. The number of aryl methyl sites for hydroxylation is 1. The molecule has 0 aliphatic carbocycles. The van der Waals surface area contributed by atoms with Gasteiger partial charge in [-0.15, -0.1) is 0 Å². The first kappa shape index (κ1) is 13.3. The van der Waals surface area contributed by atoms with Gasteiger partial charge in [0.15, 0.2) is 0 Å². The Morgan fingerprint density at radius 3 is 2.32 bits per heavy atom. The third-order valence-corrected chi connectivity index (χ3v) is 3.01. The normalized spacial score (nSPS) is 10.1. The van der Waals surface area contributed by atoms with Gasteiger partial charge in [0, 0.05) is 17.8 Å². The second-order valence-electron chi connectivity index (χ2n) is 4.40. The summed E-state index contributed by atoms with van der Waals surface area (Å²) in [6, 6.07) is 14.1. The smallest absolute Gasteiger partial charge is 0.123 e. The zero-order valence-electron chi connectivity index (χ0n) is 11.6. The first-order valence-corrected chi connectivity index (χ1v) is 6.24. The van der Waals surface area contributed by atoms with Crippen LogP contribution in [0.1, 0.15) is 11.1 Å². The van der Waals surface area contributed by atoms with Crippen LogP contribution in [0.25, 0.3) is 0 Å². The van der Waals surface area contributed by atoms with Crippen molar-refractivity contribution in [3.8, 4) is 11.5 Å². The quantitative estimate of drug-likeness (QED) is 0.887. The van der Waals surface area contributed by atoms with Gasteiger partial charge < -0.3 is 14.8 Å². The van der Waals surface area contributed by atoms with E-state index >= 15 is 0 Å². The Hall–Kier alpha value is -2.16. The van der Waals surface area contributed by atoms with Gasteiger partial charge in [0.05, 0.1) is 14.2 Å². The molecule has 2 aromatic rings. The molecule has 3 nitrogen and oxygen atoms in total. The minimum atomic E-state index is 0.733. The summed E-state index contributed by atoms with van der Waals surface area (Å²) in [4.78, 5) is 0. The molecule has 0 heterocycles. The Morgan fingerprint density at radius 1 is 0.947 bits per heavy atom. The molecule has 0 bridgehead atoms. The molecule has 0 unspecified atom stereocenters. The lowest BCUT2D eigenvalue weighted by Gasteiger charge is -2.11. The molecule has 0 aliphatic rings. The van der Waals surface area contributed by atoms with Crippen molar-refractivity contribution in [2.24, 2.45) is 0 Å². The lowest BCUT2D eigenvalue weighted by molar-refractivity contribution is 0.410. The van der Waals surface area contributed by atoms with Gasteiger partial charge in [0.1, 0.15) is 11.5 Å². The van der Waals surface area contributed by atoms with Crippen LogP contribution in [0.3, 0.4) is 0 Å². The third-order valence-electron chi connectivity index (χ3n) is 3.01. The molecule has 0 saturated carbocycles. The first-order chi connectivity index (χ1) is 9.22. The number of hydrogen-bond acceptors (Lipinski definition) is 3. The van der Waals surface area contributed by atoms with Gasteiger partial charge in [-0.05, 0) is 37.3 Å². The Bertz CT molecular complexity index is 535. The zero-order chi connectivity index (χ0) is 13.7. The van der Waals surface area contributed by atoms with Crippen LogP contribution < -0.4 is 14.8 Å². The molecule has 0 atom stereocenters. The molecule has 19 heavy (non-hydrogen) atoms. The summed E-state index contributed by atoms with van der Waals surface area (Å²) in [7, 11) is 3.36. The average Bonchev–Trinajstić information content (AvgIpc) is 2.46. The third kappa shape index (κ3) is 3.41. The Morgan fingerprint density at radius 2 is 1.68 bits per heavy atom. The molecule has 0 saturated heterocycles. The van der Waals surface area contributed by atoms with E-state index in [9.17, 15) is 0 Å². The van der Waals surface area contributed by atoms with Crippen LogP contribution >= 0.6 is 0 Å². The standard InChI is InChI=1S/C16H19NO2/c1-12-4-9-16(19-3)13(10-12)11-17-14-5-7-15(18-2)8-6-14/h4-10,17H,11H2,1-3H3. The van der Waals surface area contributed by atoms with E-state index in [4.69, 9.17) is 9.47 Å². The van der Waals surface area contributed by atoms with E-state index in [2.05, 4.69) is 24.4 Å². The fourth-order valence-corrected chi connectivity index (χ4v) is 1.95. The molecule has 0 aliphatic heterocycles. The summed E-state index contributed by atoms with van der Waals surface area (Å²) in [5.41, 5.74) is 3.44. The summed E-state index contributed by atoms with van der Waals surface area (Å²) in [5, 5.41) is 3.38. The number of methoxy groups -OCH3 is 2. The molecular formula is C16H19NO2. The van der Waals surface area contributed by atoms with E-state index in [1.54, 1.807) is 14.2 Å². The van der Waals surface area contributed by atoms with Gasteiger partial charge in [0.25, 0.3) is 0 Å². The molecule has 0 aromatic heterocycles. The van der Waals surface area contributed by atoms with Crippen LogP contribution in [0.15, 0.2) is 42.5 Å². The van der Waals surface area contributed by atoms with Gasteiger partial charge in [0.2, 0.25) is 0 Å². The van der Waals surface area contributed by atoms with Crippen LogP contribution in [0, 0.1) is 6.92 Å². The lowest BCUT2D eigenvalue weighted by Crippen LogP contribution is -2.02. The minimum Gasteiger partial charge on any atom is -0.497 e. The first-order valence-electron chi connectivity index (χ1n) is 6.24. The van der Waals surface area contributed by atoms with E-state index in [0.717, 1.165) is 29.3 Å². The molecule has 1 N–H and O–H groups in total. The molecule has 0 radical (unpaired) electrons. The molecule has 2 aromatic carbocycles. The van der Waals surface area contributed by atoms with E-state index < -0.39 is 0 Å². The second kappa shape index (κ2) is 6.14. The maximum absolute atomic E-state index is 5.37. The summed E-state index contributed by atoms with van der Waals surface area (Å²) in [6.45, 7) is 2.81. The van der Waals surface area contributed by atoms with E-state index in [1.807, 2.05) is 30.3 Å². The van der Waals surface area contributed by atoms with Crippen molar-refractivity contribution in [1.82, 2.24) is 0 Å². The van der Waals surface area contributed by atoms with Crippen LogP contribution in [0.2, 0.25) is 0 Å². The van der Waals surface area contributed by atoms with Crippen LogP contribution in [0.4, 0.5) is 5.69 Å². The van der Waals surface area contributed by atoms with E-state index in [1.165, 1.54) is 5.56 Å². The maximum atomic E-state index is 5.37. The van der Waals surface area contributed by atoms with Gasteiger partial charge in [-0.25, -0.2) is 0 Å². The number of anilines is 1. The summed E-state index contributed by atoms with van der Waals surface area (Å²) in [6.07, 6.45) is 0. The molecule has 0 amide bonds. The summed E-state index contributed by atoms with van der Waals surface area (Å²) >= 11 is 0. The van der Waals surface area contributed by atoms with Crippen molar-refractivity contribution >= 4 is 5.69 Å². The number of benzene rings is 2. The number of hydrogen-bond donors (Lipinski definition) is 1. The highest BCUT2D eigenvalue weighted by atomic mass is 16.5. The fourth-order valence-electron chi connectivity index (χ4n) is 1.95. The van der Waals surface area contributed by atoms with Crippen molar-refractivity contribution in [2.45, 2.75) is 13.5 Å². The summed E-state index contributed by atoms with van der Waals surface area (Å²) < 4.78 is 10.5. The SMILES string of the molecule is COc1ccc(NCc2cc(C)ccc2OC)cc1. The van der Waals surface area contributed by atoms with Crippen molar-refractivity contribution in [2.75, 3.05) is 19.5 Å². The number of nitrogens with one attached hydrogen (secondary N) is 1.